The number of carbonyl (C=O) groups is 2. The molecule has 1 aromatic heterocycles. The van der Waals surface area contributed by atoms with Crippen LogP contribution in [0, 0.1) is 6.92 Å². The number of imidazole rings is 1. The van der Waals surface area contributed by atoms with Crippen LogP contribution in [0.25, 0.3) is 0 Å². The Morgan fingerprint density at radius 3 is 2.83 bits per heavy atom. The highest BCUT2D eigenvalue weighted by atomic mass is 16.4. The minimum absolute atomic E-state index is 0.135. The van der Waals surface area contributed by atoms with Gasteiger partial charge >= 0.3 is 5.97 Å². The molecule has 2 rings (SSSR count). The molecule has 1 aromatic carbocycles. The van der Waals surface area contributed by atoms with E-state index in [1.54, 1.807) is 18.2 Å². The number of amides is 1. The van der Waals surface area contributed by atoms with E-state index in [0.29, 0.717) is 5.69 Å². The van der Waals surface area contributed by atoms with Crippen molar-refractivity contribution in [1.82, 2.24) is 9.97 Å². The van der Waals surface area contributed by atoms with Gasteiger partial charge in [0.2, 0.25) is 0 Å². The Labute approximate surface area is 103 Å². The van der Waals surface area contributed by atoms with Gasteiger partial charge in [0.15, 0.2) is 11.4 Å². The molecule has 0 aliphatic carbocycles. The van der Waals surface area contributed by atoms with Gasteiger partial charge < -0.3 is 15.4 Å². The highest BCUT2D eigenvalue weighted by Crippen LogP contribution is 2.12. The lowest BCUT2D eigenvalue weighted by molar-refractivity contribution is 0.0686. The van der Waals surface area contributed by atoms with Gasteiger partial charge in [0, 0.05) is 5.69 Å². The van der Waals surface area contributed by atoms with Crippen LogP contribution in [0.2, 0.25) is 0 Å². The molecule has 18 heavy (non-hydrogen) atoms. The Morgan fingerprint density at radius 1 is 1.39 bits per heavy atom. The van der Waals surface area contributed by atoms with E-state index in [0.717, 1.165) is 5.56 Å². The fraction of sp³-hybridized carbons (Fsp3) is 0.0833. The molecule has 1 amide bonds. The summed E-state index contributed by atoms with van der Waals surface area (Å²) in [7, 11) is 0. The van der Waals surface area contributed by atoms with Crippen LogP contribution >= 0.6 is 0 Å². The number of carboxylic acid groups (broad SMARTS) is 1. The number of benzene rings is 1. The van der Waals surface area contributed by atoms with E-state index in [1.807, 2.05) is 13.0 Å². The number of aromatic carboxylic acids is 1. The van der Waals surface area contributed by atoms with E-state index in [1.165, 1.54) is 6.33 Å². The number of rotatable bonds is 3. The number of aromatic nitrogens is 2. The molecule has 92 valence electrons. The molecule has 6 nitrogen and oxygen atoms in total. The molecule has 6 heteroatoms. The van der Waals surface area contributed by atoms with Crippen molar-refractivity contribution in [2.75, 3.05) is 5.32 Å². The summed E-state index contributed by atoms with van der Waals surface area (Å²) in [5.41, 5.74) is 1.23. The normalized spacial score (nSPS) is 10.1. The summed E-state index contributed by atoms with van der Waals surface area (Å²) in [4.78, 5) is 28.8. The largest absolute Gasteiger partial charge is 0.477 e. The van der Waals surface area contributed by atoms with Gasteiger partial charge in [0.25, 0.3) is 5.91 Å². The van der Waals surface area contributed by atoms with Crippen LogP contribution in [0.15, 0.2) is 30.6 Å². The number of nitrogens with zero attached hydrogens (tertiary/aromatic N) is 1. The first-order valence-electron chi connectivity index (χ1n) is 5.22. The van der Waals surface area contributed by atoms with Gasteiger partial charge in [-0.25, -0.2) is 9.78 Å². The number of anilines is 1. The van der Waals surface area contributed by atoms with Crippen molar-refractivity contribution in [2.45, 2.75) is 6.92 Å². The Kier molecular flexibility index (Phi) is 3.09. The third-order valence-corrected chi connectivity index (χ3v) is 2.34. The maximum atomic E-state index is 11.9. The summed E-state index contributed by atoms with van der Waals surface area (Å²) < 4.78 is 0. The Balaban J connectivity index is 2.22. The first kappa shape index (κ1) is 11.8. The lowest BCUT2D eigenvalue weighted by Crippen LogP contribution is -2.16. The smallest absolute Gasteiger partial charge is 0.354 e. The lowest BCUT2D eigenvalue weighted by Gasteiger charge is -2.04. The van der Waals surface area contributed by atoms with E-state index in [4.69, 9.17) is 5.11 Å². The maximum absolute atomic E-state index is 11.9. The third kappa shape index (κ3) is 2.37. The summed E-state index contributed by atoms with van der Waals surface area (Å²) in [5, 5.41) is 11.5. The Morgan fingerprint density at radius 2 is 2.17 bits per heavy atom. The fourth-order valence-electron chi connectivity index (χ4n) is 1.54. The number of hydrogen-bond donors (Lipinski definition) is 3. The molecule has 1 heterocycles. The standard InChI is InChI=1S/C12H11N3O3/c1-7-3-2-4-8(5-7)15-11(16)9-10(12(17)18)14-6-13-9/h2-6H,1H3,(H,13,14)(H,15,16)(H,17,18). The molecule has 0 atom stereocenters. The van der Waals surface area contributed by atoms with E-state index < -0.39 is 11.9 Å². The van der Waals surface area contributed by atoms with Crippen LogP contribution in [0.1, 0.15) is 26.5 Å². The van der Waals surface area contributed by atoms with Crippen LogP contribution in [-0.2, 0) is 0 Å². The predicted octanol–water partition coefficient (Wildman–Crippen LogP) is 1.67. The number of hydrogen-bond acceptors (Lipinski definition) is 3. The molecule has 0 radical (unpaired) electrons. The summed E-state index contributed by atoms with van der Waals surface area (Å²) >= 11 is 0. The average Bonchev–Trinajstić information content (AvgIpc) is 2.77. The van der Waals surface area contributed by atoms with Gasteiger partial charge in [-0.3, -0.25) is 4.79 Å². The lowest BCUT2D eigenvalue weighted by atomic mass is 10.2. The van der Waals surface area contributed by atoms with Gasteiger partial charge in [-0.2, -0.15) is 0 Å². The summed E-state index contributed by atoms with van der Waals surface area (Å²) in [6.07, 6.45) is 1.18. The first-order chi connectivity index (χ1) is 8.58. The zero-order valence-corrected chi connectivity index (χ0v) is 9.60. The summed E-state index contributed by atoms with van der Waals surface area (Å²) in [6.45, 7) is 1.90. The van der Waals surface area contributed by atoms with Crippen molar-refractivity contribution in [3.8, 4) is 0 Å². The minimum Gasteiger partial charge on any atom is -0.477 e. The van der Waals surface area contributed by atoms with Crippen LogP contribution in [0.4, 0.5) is 5.69 Å². The molecule has 0 aliphatic rings. The van der Waals surface area contributed by atoms with Crippen LogP contribution in [0.5, 0.6) is 0 Å². The monoisotopic (exact) mass is 245 g/mol. The van der Waals surface area contributed by atoms with Crippen LogP contribution in [0.3, 0.4) is 0 Å². The van der Waals surface area contributed by atoms with Crippen molar-refractivity contribution >= 4 is 17.6 Å². The summed E-state index contributed by atoms with van der Waals surface area (Å²) in [5.74, 6) is -1.78. The second-order valence-corrected chi connectivity index (χ2v) is 3.75. The minimum atomic E-state index is -1.22. The molecule has 0 saturated carbocycles. The maximum Gasteiger partial charge on any atom is 0.354 e. The molecule has 0 aliphatic heterocycles. The molecular weight excluding hydrogens is 234 g/mol. The summed E-state index contributed by atoms with van der Waals surface area (Å²) in [6, 6.07) is 7.20. The second-order valence-electron chi connectivity index (χ2n) is 3.75. The fourth-order valence-corrected chi connectivity index (χ4v) is 1.54. The molecule has 2 aromatic rings. The van der Waals surface area contributed by atoms with E-state index in [-0.39, 0.29) is 11.4 Å². The molecule has 0 unspecified atom stereocenters. The molecule has 3 N–H and O–H groups in total. The number of aromatic amines is 1. The number of carboxylic acids is 1. The average molecular weight is 245 g/mol. The van der Waals surface area contributed by atoms with Crippen molar-refractivity contribution < 1.29 is 14.7 Å². The highest BCUT2D eigenvalue weighted by Gasteiger charge is 2.19. The van der Waals surface area contributed by atoms with Gasteiger partial charge in [-0.05, 0) is 24.6 Å². The second kappa shape index (κ2) is 4.70. The van der Waals surface area contributed by atoms with Crippen LogP contribution in [-0.4, -0.2) is 27.0 Å². The van der Waals surface area contributed by atoms with Gasteiger partial charge in [0.1, 0.15) is 0 Å². The highest BCUT2D eigenvalue weighted by molar-refractivity contribution is 6.08. The number of aryl methyl sites for hydroxylation is 1. The molecule has 0 spiro atoms. The van der Waals surface area contributed by atoms with Crippen molar-refractivity contribution in [2.24, 2.45) is 0 Å². The number of carbonyl (C=O) groups excluding carboxylic acids is 1. The van der Waals surface area contributed by atoms with E-state index >= 15 is 0 Å². The van der Waals surface area contributed by atoms with Crippen molar-refractivity contribution in [3.63, 3.8) is 0 Å². The topological polar surface area (TPSA) is 95.1 Å². The number of nitrogens with one attached hydrogen (secondary N) is 2. The molecule has 0 fully saturated rings. The SMILES string of the molecule is Cc1cccc(NC(=O)c2nc[nH]c2C(=O)O)c1. The van der Waals surface area contributed by atoms with E-state index in [9.17, 15) is 9.59 Å². The number of H-pyrrole nitrogens is 1. The van der Waals surface area contributed by atoms with Crippen molar-refractivity contribution in [3.05, 3.63) is 47.5 Å². The zero-order chi connectivity index (χ0) is 13.1. The van der Waals surface area contributed by atoms with E-state index in [2.05, 4.69) is 15.3 Å². The quantitative estimate of drug-likeness (QED) is 0.766. The van der Waals surface area contributed by atoms with Gasteiger partial charge in [-0.15, -0.1) is 0 Å². The molecular formula is C12H11N3O3. The molecule has 0 saturated heterocycles. The zero-order valence-electron chi connectivity index (χ0n) is 9.60. The first-order valence-corrected chi connectivity index (χ1v) is 5.22. The van der Waals surface area contributed by atoms with Crippen molar-refractivity contribution in [1.29, 1.82) is 0 Å². The third-order valence-electron chi connectivity index (χ3n) is 2.34. The van der Waals surface area contributed by atoms with Gasteiger partial charge in [-0.1, -0.05) is 12.1 Å². The molecule has 0 bridgehead atoms. The Hall–Kier alpha value is -2.63. The predicted molar refractivity (Wildman–Crippen MR) is 64.7 cm³/mol. The van der Waals surface area contributed by atoms with Gasteiger partial charge in [0.05, 0.1) is 6.33 Å². The van der Waals surface area contributed by atoms with Crippen LogP contribution < -0.4 is 5.32 Å². The Bertz CT molecular complexity index is 604.